The summed E-state index contributed by atoms with van der Waals surface area (Å²) >= 11 is 6.47. The fraction of sp³-hybridized carbons (Fsp3) is 0.133. The molecule has 0 atom stereocenters. The third-order valence-corrected chi connectivity index (χ3v) is 6.66. The van der Waals surface area contributed by atoms with Gasteiger partial charge in [-0.05, 0) is 49.2 Å². The molecule has 2 aromatic heterocycles. The van der Waals surface area contributed by atoms with Gasteiger partial charge in [0.05, 0.1) is 32.7 Å². The van der Waals surface area contributed by atoms with Crippen molar-refractivity contribution in [3.8, 4) is 28.6 Å². The number of hydrogen-bond acceptors (Lipinski definition) is 4. The molecule has 0 saturated heterocycles. The van der Waals surface area contributed by atoms with Gasteiger partial charge in [-0.15, -0.1) is 0 Å². The van der Waals surface area contributed by atoms with E-state index in [1.807, 2.05) is 30.3 Å². The maximum atomic E-state index is 14.2. The van der Waals surface area contributed by atoms with Gasteiger partial charge in [0.2, 0.25) is 5.88 Å². The molecule has 204 valence electrons. The van der Waals surface area contributed by atoms with Crippen LogP contribution in [-0.2, 0) is 12.8 Å². The highest BCUT2D eigenvalue weighted by Gasteiger charge is 2.35. The lowest BCUT2D eigenvalue weighted by molar-refractivity contribution is -0.138. The number of rotatable bonds is 6. The van der Waals surface area contributed by atoms with Gasteiger partial charge in [-0.3, -0.25) is 0 Å². The standard InChI is InChI=1S/C30H20ClF5N2O2/c1-16-19(30(34,35)36)14-37-29(40-24-12-11-21(32)28(33)17(24)2)26(16)23-13-25(39-15-18-7-4-3-5-8-18)27-20(31)9-6-10-22(27)38-23/h3-14H,15H2,1-2H3. The van der Waals surface area contributed by atoms with Crippen LogP contribution in [0.3, 0.4) is 0 Å². The molecule has 40 heavy (non-hydrogen) atoms. The number of aromatic nitrogens is 2. The number of halogens is 6. The Kier molecular flexibility index (Phi) is 7.33. The van der Waals surface area contributed by atoms with E-state index in [0.717, 1.165) is 11.6 Å². The summed E-state index contributed by atoms with van der Waals surface area (Å²) < 4.78 is 81.6. The van der Waals surface area contributed by atoms with E-state index in [9.17, 15) is 22.0 Å². The van der Waals surface area contributed by atoms with E-state index in [4.69, 9.17) is 21.1 Å². The minimum atomic E-state index is -4.73. The molecule has 0 aliphatic carbocycles. The molecule has 0 aliphatic rings. The highest BCUT2D eigenvalue weighted by Crippen LogP contribution is 2.43. The Morgan fingerprint density at radius 3 is 2.35 bits per heavy atom. The summed E-state index contributed by atoms with van der Waals surface area (Å²) in [5.41, 5.74) is -0.210. The van der Waals surface area contributed by atoms with Gasteiger partial charge in [-0.25, -0.2) is 18.7 Å². The van der Waals surface area contributed by atoms with Crippen LogP contribution in [0.2, 0.25) is 5.02 Å². The third-order valence-electron chi connectivity index (χ3n) is 6.35. The number of fused-ring (bicyclic) bond motifs is 1. The average molecular weight is 571 g/mol. The average Bonchev–Trinajstić information content (AvgIpc) is 2.92. The van der Waals surface area contributed by atoms with Crippen molar-refractivity contribution in [3.63, 3.8) is 0 Å². The molecular formula is C30H20ClF5N2O2. The van der Waals surface area contributed by atoms with Crippen LogP contribution in [0, 0.1) is 25.5 Å². The molecule has 0 amide bonds. The smallest absolute Gasteiger partial charge is 0.418 e. The first kappa shape index (κ1) is 27.3. The molecule has 4 nitrogen and oxygen atoms in total. The number of ether oxygens (including phenoxy) is 2. The highest BCUT2D eigenvalue weighted by atomic mass is 35.5. The van der Waals surface area contributed by atoms with Gasteiger partial charge in [-0.2, -0.15) is 13.2 Å². The zero-order valence-electron chi connectivity index (χ0n) is 21.1. The van der Waals surface area contributed by atoms with Crippen molar-refractivity contribution < 1.29 is 31.4 Å². The maximum absolute atomic E-state index is 14.2. The molecular weight excluding hydrogens is 551 g/mol. The van der Waals surface area contributed by atoms with Crippen molar-refractivity contribution in [1.82, 2.24) is 9.97 Å². The largest absolute Gasteiger partial charge is 0.488 e. The second-order valence-electron chi connectivity index (χ2n) is 8.98. The monoisotopic (exact) mass is 570 g/mol. The van der Waals surface area contributed by atoms with E-state index < -0.39 is 23.4 Å². The second-order valence-corrected chi connectivity index (χ2v) is 9.38. The van der Waals surface area contributed by atoms with Crippen LogP contribution in [-0.4, -0.2) is 9.97 Å². The van der Waals surface area contributed by atoms with Crippen LogP contribution < -0.4 is 9.47 Å². The van der Waals surface area contributed by atoms with Crippen LogP contribution in [0.15, 0.2) is 72.9 Å². The Hall–Kier alpha value is -4.24. The first-order chi connectivity index (χ1) is 19.0. The Morgan fingerprint density at radius 1 is 0.875 bits per heavy atom. The van der Waals surface area contributed by atoms with Crippen molar-refractivity contribution in [3.05, 3.63) is 112 Å². The van der Waals surface area contributed by atoms with Crippen molar-refractivity contribution in [2.45, 2.75) is 26.6 Å². The number of alkyl halides is 3. The van der Waals surface area contributed by atoms with Crippen molar-refractivity contribution in [2.24, 2.45) is 0 Å². The molecule has 0 bridgehead atoms. The zero-order valence-corrected chi connectivity index (χ0v) is 21.9. The molecule has 5 rings (SSSR count). The molecule has 0 radical (unpaired) electrons. The fourth-order valence-corrected chi connectivity index (χ4v) is 4.54. The zero-order chi connectivity index (χ0) is 28.6. The van der Waals surface area contributed by atoms with Gasteiger partial charge in [0, 0.05) is 17.8 Å². The predicted octanol–water partition coefficient (Wildman–Crippen LogP) is 9.24. The fourth-order valence-electron chi connectivity index (χ4n) is 4.28. The van der Waals surface area contributed by atoms with Crippen molar-refractivity contribution >= 4 is 22.5 Å². The third kappa shape index (κ3) is 5.29. The predicted molar refractivity (Wildman–Crippen MR) is 142 cm³/mol. The van der Waals surface area contributed by atoms with E-state index in [0.29, 0.717) is 22.1 Å². The van der Waals surface area contributed by atoms with Crippen LogP contribution in [0.25, 0.3) is 22.2 Å². The van der Waals surface area contributed by atoms with Gasteiger partial charge in [0.25, 0.3) is 0 Å². The lowest BCUT2D eigenvalue weighted by Gasteiger charge is -2.19. The topological polar surface area (TPSA) is 44.2 Å². The van der Waals surface area contributed by atoms with Crippen LogP contribution >= 0.6 is 11.6 Å². The molecule has 0 spiro atoms. The molecule has 0 fully saturated rings. The van der Waals surface area contributed by atoms with Gasteiger partial charge < -0.3 is 9.47 Å². The lowest BCUT2D eigenvalue weighted by Crippen LogP contribution is -2.11. The number of hydrogen-bond donors (Lipinski definition) is 0. The van der Waals surface area contributed by atoms with E-state index >= 15 is 0 Å². The summed E-state index contributed by atoms with van der Waals surface area (Å²) in [4.78, 5) is 8.50. The Balaban J connectivity index is 1.71. The van der Waals surface area contributed by atoms with Gasteiger partial charge in [0.15, 0.2) is 11.6 Å². The summed E-state index contributed by atoms with van der Waals surface area (Å²) in [5.74, 6) is -2.34. The van der Waals surface area contributed by atoms with E-state index in [2.05, 4.69) is 9.97 Å². The van der Waals surface area contributed by atoms with E-state index in [1.165, 1.54) is 26.0 Å². The molecule has 10 heteroatoms. The van der Waals surface area contributed by atoms with Gasteiger partial charge >= 0.3 is 6.18 Å². The normalized spacial score (nSPS) is 11.6. The molecule has 0 saturated carbocycles. The van der Waals surface area contributed by atoms with Gasteiger partial charge in [-0.1, -0.05) is 48.0 Å². The van der Waals surface area contributed by atoms with E-state index in [-0.39, 0.29) is 46.4 Å². The maximum Gasteiger partial charge on any atom is 0.418 e. The summed E-state index contributed by atoms with van der Waals surface area (Å²) in [6.45, 7) is 2.71. The summed E-state index contributed by atoms with van der Waals surface area (Å²) in [5, 5.41) is 0.813. The first-order valence-electron chi connectivity index (χ1n) is 12.0. The van der Waals surface area contributed by atoms with Crippen LogP contribution in [0.4, 0.5) is 22.0 Å². The highest BCUT2D eigenvalue weighted by molar-refractivity contribution is 6.36. The minimum Gasteiger partial charge on any atom is -0.488 e. The Bertz CT molecular complexity index is 1730. The summed E-state index contributed by atoms with van der Waals surface area (Å²) in [6.07, 6.45) is -4.09. The molecule has 2 heterocycles. The van der Waals surface area contributed by atoms with Gasteiger partial charge in [0.1, 0.15) is 18.1 Å². The minimum absolute atomic E-state index is 0.0594. The molecule has 0 N–H and O–H groups in total. The van der Waals surface area contributed by atoms with Crippen molar-refractivity contribution in [1.29, 1.82) is 0 Å². The second kappa shape index (κ2) is 10.7. The quantitative estimate of drug-likeness (QED) is 0.191. The number of pyridine rings is 2. The Morgan fingerprint density at radius 2 is 1.62 bits per heavy atom. The summed E-state index contributed by atoms with van der Waals surface area (Å²) in [7, 11) is 0. The van der Waals surface area contributed by atoms with Crippen molar-refractivity contribution in [2.75, 3.05) is 0 Å². The molecule has 0 unspecified atom stereocenters. The Labute approximate surface area is 231 Å². The molecule has 0 aliphatic heterocycles. The van der Waals surface area contributed by atoms with E-state index in [1.54, 1.807) is 18.2 Å². The summed E-state index contributed by atoms with van der Waals surface area (Å²) in [6, 6.07) is 17.7. The first-order valence-corrected chi connectivity index (χ1v) is 12.4. The number of benzene rings is 3. The SMILES string of the molecule is Cc1c(Oc2ncc(C(F)(F)F)c(C)c2-c2cc(OCc3ccccc3)c3c(Cl)cccc3n2)ccc(F)c1F. The lowest BCUT2D eigenvalue weighted by atomic mass is 10.0. The molecule has 5 aromatic rings. The molecule has 3 aromatic carbocycles. The number of nitrogens with zero attached hydrogens (tertiary/aromatic N) is 2. The van der Waals surface area contributed by atoms with Crippen LogP contribution in [0.5, 0.6) is 17.4 Å². The van der Waals surface area contributed by atoms with Crippen LogP contribution in [0.1, 0.15) is 22.3 Å².